The van der Waals surface area contributed by atoms with Gasteiger partial charge in [0.1, 0.15) is 0 Å². The largest absolute Gasteiger partial charge is 0.394 e. The first-order valence-electron chi connectivity index (χ1n) is 5.57. The second kappa shape index (κ2) is 8.48. The molecule has 4 nitrogen and oxygen atoms in total. The Morgan fingerprint density at radius 2 is 2.22 bits per heavy atom. The summed E-state index contributed by atoms with van der Waals surface area (Å²) in [5, 5.41) is 11.8. The van der Waals surface area contributed by atoms with Crippen molar-refractivity contribution in [1.82, 2.24) is 5.32 Å². The van der Waals surface area contributed by atoms with Crippen LogP contribution >= 0.6 is 27.5 Å². The monoisotopic (exact) mass is 335 g/mol. The number of ether oxygens (including phenoxy) is 1. The zero-order valence-corrected chi connectivity index (χ0v) is 12.1. The van der Waals surface area contributed by atoms with E-state index in [4.69, 9.17) is 21.4 Å². The molecule has 1 aromatic carbocycles. The summed E-state index contributed by atoms with van der Waals surface area (Å²) in [4.78, 5) is 11.8. The van der Waals surface area contributed by atoms with Gasteiger partial charge in [0.15, 0.2) is 0 Å². The number of aliphatic hydroxyl groups is 1. The molecule has 0 aliphatic carbocycles. The molecular weight excluding hydrogens is 321 g/mol. The Bertz CT molecular complexity index is 401. The van der Waals surface area contributed by atoms with Gasteiger partial charge in [0.25, 0.3) is 5.91 Å². The molecule has 0 bridgehead atoms. The maximum absolute atomic E-state index is 11.8. The van der Waals surface area contributed by atoms with Crippen LogP contribution in [0.3, 0.4) is 0 Å². The zero-order valence-electron chi connectivity index (χ0n) is 9.79. The summed E-state index contributed by atoms with van der Waals surface area (Å²) in [5.74, 6) is -0.175. The molecule has 0 aliphatic heterocycles. The Morgan fingerprint density at radius 3 is 2.94 bits per heavy atom. The highest BCUT2D eigenvalue weighted by molar-refractivity contribution is 9.10. The van der Waals surface area contributed by atoms with E-state index >= 15 is 0 Å². The minimum absolute atomic E-state index is 0.0157. The number of halogens is 2. The number of hydrogen-bond acceptors (Lipinski definition) is 3. The fourth-order valence-electron chi connectivity index (χ4n) is 1.31. The van der Waals surface area contributed by atoms with E-state index in [0.717, 1.165) is 0 Å². The van der Waals surface area contributed by atoms with Crippen molar-refractivity contribution in [1.29, 1.82) is 0 Å². The summed E-state index contributed by atoms with van der Waals surface area (Å²) in [6, 6.07) is 5.07. The van der Waals surface area contributed by atoms with Crippen LogP contribution in [0, 0.1) is 0 Å². The molecule has 6 heteroatoms. The molecule has 1 rings (SSSR count). The number of nitrogens with one attached hydrogen (secondary N) is 1. The lowest BCUT2D eigenvalue weighted by molar-refractivity contribution is 0.0867. The Morgan fingerprint density at radius 1 is 1.44 bits per heavy atom. The molecule has 0 heterocycles. The van der Waals surface area contributed by atoms with Crippen LogP contribution in [0.15, 0.2) is 22.7 Å². The van der Waals surface area contributed by atoms with Crippen LogP contribution in [0.1, 0.15) is 16.8 Å². The lowest BCUT2D eigenvalue weighted by Crippen LogP contribution is -2.25. The van der Waals surface area contributed by atoms with E-state index in [9.17, 15) is 4.79 Å². The third-order valence-corrected chi connectivity index (χ3v) is 3.09. The first kappa shape index (κ1) is 15.4. The molecular formula is C12H15BrClNO3. The molecule has 100 valence electrons. The highest BCUT2D eigenvalue weighted by Crippen LogP contribution is 2.20. The Balaban J connectivity index is 2.34. The summed E-state index contributed by atoms with van der Waals surface area (Å²) < 4.78 is 5.79. The number of amides is 1. The summed E-state index contributed by atoms with van der Waals surface area (Å²) >= 11 is 9.14. The van der Waals surface area contributed by atoms with Gasteiger partial charge in [0.05, 0.1) is 18.8 Å². The third kappa shape index (κ3) is 5.35. The highest BCUT2D eigenvalue weighted by atomic mass is 79.9. The van der Waals surface area contributed by atoms with Gasteiger partial charge in [-0.25, -0.2) is 0 Å². The maximum atomic E-state index is 11.8. The zero-order chi connectivity index (χ0) is 13.4. The Labute approximate surface area is 119 Å². The van der Waals surface area contributed by atoms with Gasteiger partial charge < -0.3 is 15.2 Å². The van der Waals surface area contributed by atoms with Gasteiger partial charge >= 0.3 is 0 Å². The van der Waals surface area contributed by atoms with Crippen LogP contribution in [0.25, 0.3) is 0 Å². The summed E-state index contributed by atoms with van der Waals surface area (Å²) in [6.07, 6.45) is 0.698. The van der Waals surface area contributed by atoms with Crippen molar-refractivity contribution in [2.24, 2.45) is 0 Å². The van der Waals surface area contributed by atoms with Crippen molar-refractivity contribution in [3.63, 3.8) is 0 Å². The van der Waals surface area contributed by atoms with E-state index in [1.807, 2.05) is 0 Å². The van der Waals surface area contributed by atoms with Crippen LogP contribution in [-0.2, 0) is 4.74 Å². The number of rotatable bonds is 7. The molecule has 0 unspecified atom stereocenters. The number of carbonyl (C=O) groups is 1. The molecule has 2 N–H and O–H groups in total. The summed E-state index contributed by atoms with van der Waals surface area (Å²) in [7, 11) is 0. The number of aliphatic hydroxyl groups excluding tert-OH is 1. The third-order valence-electron chi connectivity index (χ3n) is 2.16. The topological polar surface area (TPSA) is 58.6 Å². The smallest absolute Gasteiger partial charge is 0.252 e. The van der Waals surface area contributed by atoms with Crippen LogP contribution in [-0.4, -0.2) is 37.4 Å². The van der Waals surface area contributed by atoms with E-state index in [0.29, 0.717) is 41.2 Å². The molecule has 0 aliphatic rings. The van der Waals surface area contributed by atoms with Gasteiger partial charge in [0, 0.05) is 22.6 Å². The van der Waals surface area contributed by atoms with Gasteiger partial charge in [-0.2, -0.15) is 0 Å². The maximum Gasteiger partial charge on any atom is 0.252 e. The molecule has 0 radical (unpaired) electrons. The van der Waals surface area contributed by atoms with Gasteiger partial charge in [-0.15, -0.1) is 0 Å². The quantitative estimate of drug-likeness (QED) is 0.751. The first-order valence-corrected chi connectivity index (χ1v) is 6.74. The lowest BCUT2D eigenvalue weighted by atomic mass is 10.2. The van der Waals surface area contributed by atoms with E-state index in [-0.39, 0.29) is 12.5 Å². The van der Waals surface area contributed by atoms with Crippen molar-refractivity contribution < 1.29 is 14.6 Å². The van der Waals surface area contributed by atoms with E-state index in [2.05, 4.69) is 21.2 Å². The van der Waals surface area contributed by atoms with Crippen LogP contribution < -0.4 is 5.32 Å². The molecule has 18 heavy (non-hydrogen) atoms. The molecule has 0 atom stereocenters. The standard InChI is InChI=1S/C12H15BrClNO3/c13-11-3-2-9(14)8-10(11)12(17)15-4-1-6-18-7-5-16/h2-3,8,16H,1,4-7H2,(H,15,17). The normalized spacial score (nSPS) is 10.4. The predicted molar refractivity (Wildman–Crippen MR) is 74.0 cm³/mol. The van der Waals surface area contributed by atoms with E-state index < -0.39 is 0 Å². The number of carbonyl (C=O) groups excluding carboxylic acids is 1. The van der Waals surface area contributed by atoms with Crippen molar-refractivity contribution in [3.8, 4) is 0 Å². The summed E-state index contributed by atoms with van der Waals surface area (Å²) in [6.45, 7) is 1.37. The highest BCUT2D eigenvalue weighted by Gasteiger charge is 2.09. The second-order valence-corrected chi connectivity index (χ2v) is 4.86. The van der Waals surface area contributed by atoms with Gasteiger partial charge in [-0.1, -0.05) is 11.6 Å². The molecule has 1 aromatic rings. The van der Waals surface area contributed by atoms with Gasteiger partial charge in [0.2, 0.25) is 0 Å². The molecule has 0 fully saturated rings. The van der Waals surface area contributed by atoms with Crippen molar-refractivity contribution in [2.75, 3.05) is 26.4 Å². The Hall–Kier alpha value is -0.620. The van der Waals surface area contributed by atoms with Crippen molar-refractivity contribution in [2.45, 2.75) is 6.42 Å². The van der Waals surface area contributed by atoms with Crippen molar-refractivity contribution >= 4 is 33.4 Å². The first-order chi connectivity index (χ1) is 8.65. The SMILES string of the molecule is O=C(NCCCOCCO)c1cc(Cl)ccc1Br. The van der Waals surface area contributed by atoms with Crippen LogP contribution in [0.5, 0.6) is 0 Å². The van der Waals surface area contributed by atoms with Crippen LogP contribution in [0.2, 0.25) is 5.02 Å². The minimum atomic E-state index is -0.175. The molecule has 0 spiro atoms. The lowest BCUT2D eigenvalue weighted by Gasteiger charge is -2.07. The van der Waals surface area contributed by atoms with E-state index in [1.54, 1.807) is 18.2 Å². The predicted octanol–water partition coefficient (Wildman–Crippen LogP) is 2.23. The minimum Gasteiger partial charge on any atom is -0.394 e. The molecule has 0 saturated heterocycles. The number of benzene rings is 1. The average molecular weight is 337 g/mol. The number of hydrogen-bond donors (Lipinski definition) is 2. The second-order valence-electron chi connectivity index (χ2n) is 3.57. The molecule has 1 amide bonds. The summed E-state index contributed by atoms with van der Waals surface area (Å²) in [5.41, 5.74) is 0.513. The van der Waals surface area contributed by atoms with E-state index in [1.165, 1.54) is 0 Å². The Kier molecular flexibility index (Phi) is 7.27. The molecule has 0 saturated carbocycles. The molecule has 0 aromatic heterocycles. The van der Waals surface area contributed by atoms with Gasteiger partial charge in [-0.3, -0.25) is 4.79 Å². The van der Waals surface area contributed by atoms with Gasteiger partial charge in [-0.05, 0) is 40.5 Å². The van der Waals surface area contributed by atoms with Crippen molar-refractivity contribution in [3.05, 3.63) is 33.3 Å². The average Bonchev–Trinajstić information content (AvgIpc) is 2.36. The van der Waals surface area contributed by atoms with Crippen LogP contribution in [0.4, 0.5) is 0 Å². The fourth-order valence-corrected chi connectivity index (χ4v) is 1.91. The fraction of sp³-hybridized carbons (Fsp3) is 0.417.